The van der Waals surface area contributed by atoms with Crippen LogP contribution in [0.3, 0.4) is 0 Å². The lowest BCUT2D eigenvalue weighted by Crippen LogP contribution is -2.34. The van der Waals surface area contributed by atoms with Gasteiger partial charge >= 0.3 is 6.18 Å². The molecule has 0 atom stereocenters. The molecule has 0 saturated heterocycles. The van der Waals surface area contributed by atoms with E-state index in [2.05, 4.69) is 5.32 Å². The Morgan fingerprint density at radius 3 is 2.27 bits per heavy atom. The fourth-order valence-electron chi connectivity index (χ4n) is 3.61. The molecule has 1 aliphatic rings. The Balaban J connectivity index is 1.80. The molecule has 0 amide bonds. The van der Waals surface area contributed by atoms with Crippen molar-refractivity contribution >= 4 is 10.0 Å². The van der Waals surface area contributed by atoms with Crippen LogP contribution in [0.4, 0.5) is 13.2 Å². The van der Waals surface area contributed by atoms with E-state index in [1.54, 1.807) is 0 Å². The summed E-state index contributed by atoms with van der Waals surface area (Å²) in [5, 5.41) is 3.02. The van der Waals surface area contributed by atoms with Crippen LogP contribution in [-0.4, -0.2) is 53.1 Å². The molecule has 2 rings (SSSR count). The molecule has 0 aromatic heterocycles. The Morgan fingerprint density at radius 1 is 1.10 bits per heavy atom. The van der Waals surface area contributed by atoms with Crippen LogP contribution in [0.15, 0.2) is 41.3 Å². The number of alkyl halides is 3. The lowest BCUT2D eigenvalue weighted by molar-refractivity contribution is -0.137. The van der Waals surface area contributed by atoms with Crippen molar-refractivity contribution in [2.45, 2.75) is 36.8 Å². The standard InChI is InChI=1S/C21H31F3N2O3S/c1-25-13-3-4-14-29-16-18-7-5-17(6-8-18)15-26(2)30(27,28)20-11-9-19(10-12-20)21(22,23)24/h3-4,9-12,17-18,25H,5-8,13-16H2,1-2H3. The summed E-state index contributed by atoms with van der Waals surface area (Å²) in [6, 6.07) is 3.65. The van der Waals surface area contributed by atoms with Crippen molar-refractivity contribution in [1.29, 1.82) is 0 Å². The van der Waals surface area contributed by atoms with Gasteiger partial charge < -0.3 is 10.1 Å². The number of sulfonamides is 1. The van der Waals surface area contributed by atoms with Crippen LogP contribution >= 0.6 is 0 Å². The zero-order chi connectivity index (χ0) is 22.2. The van der Waals surface area contributed by atoms with Crippen LogP contribution in [0.1, 0.15) is 31.2 Å². The van der Waals surface area contributed by atoms with Gasteiger partial charge in [0.15, 0.2) is 0 Å². The summed E-state index contributed by atoms with van der Waals surface area (Å²) < 4.78 is 70.4. The lowest BCUT2D eigenvalue weighted by atomic mass is 9.82. The number of benzene rings is 1. The highest BCUT2D eigenvalue weighted by Crippen LogP contribution is 2.32. The van der Waals surface area contributed by atoms with Crippen molar-refractivity contribution in [2.75, 3.05) is 40.4 Å². The molecule has 1 saturated carbocycles. The molecule has 0 aliphatic heterocycles. The number of nitrogens with one attached hydrogen (secondary N) is 1. The van der Waals surface area contributed by atoms with E-state index < -0.39 is 21.8 Å². The van der Waals surface area contributed by atoms with Crippen molar-refractivity contribution in [3.63, 3.8) is 0 Å². The van der Waals surface area contributed by atoms with Gasteiger partial charge in [-0.1, -0.05) is 12.2 Å². The summed E-state index contributed by atoms with van der Waals surface area (Å²) in [7, 11) is -0.440. The minimum atomic E-state index is -4.49. The number of nitrogens with zero attached hydrogens (tertiary/aromatic N) is 1. The third-order valence-corrected chi connectivity index (χ3v) is 7.27. The van der Waals surface area contributed by atoms with Crippen LogP contribution in [0.5, 0.6) is 0 Å². The van der Waals surface area contributed by atoms with E-state index in [0.717, 1.165) is 56.5 Å². The summed E-state index contributed by atoms with van der Waals surface area (Å²) in [5.74, 6) is 0.724. The first-order chi connectivity index (χ1) is 14.1. The van der Waals surface area contributed by atoms with Gasteiger partial charge in [0.25, 0.3) is 0 Å². The second kappa shape index (κ2) is 11.3. The van der Waals surface area contributed by atoms with Crippen LogP contribution in [-0.2, 0) is 20.9 Å². The normalized spacial score (nSPS) is 20.9. The number of likely N-dealkylation sites (N-methyl/N-ethyl adjacent to an activating group) is 1. The summed E-state index contributed by atoms with van der Waals surface area (Å²) in [5.41, 5.74) is -0.859. The Bertz CT molecular complexity index is 772. The summed E-state index contributed by atoms with van der Waals surface area (Å²) in [6.45, 7) is 2.48. The molecular weight excluding hydrogens is 417 g/mol. The maximum absolute atomic E-state index is 12.7. The fraction of sp³-hybridized carbons (Fsp3) is 0.619. The minimum absolute atomic E-state index is 0.119. The van der Waals surface area contributed by atoms with Gasteiger partial charge in [-0.25, -0.2) is 12.7 Å². The maximum Gasteiger partial charge on any atom is 0.416 e. The smallest absolute Gasteiger partial charge is 0.377 e. The Morgan fingerprint density at radius 2 is 1.70 bits per heavy atom. The molecule has 0 unspecified atom stereocenters. The van der Waals surface area contributed by atoms with Gasteiger partial charge in [-0.2, -0.15) is 13.2 Å². The lowest BCUT2D eigenvalue weighted by Gasteiger charge is -2.30. The molecule has 30 heavy (non-hydrogen) atoms. The van der Waals surface area contributed by atoms with Crippen molar-refractivity contribution in [3.8, 4) is 0 Å². The average Bonchev–Trinajstić information content (AvgIpc) is 2.71. The van der Waals surface area contributed by atoms with Crippen LogP contribution < -0.4 is 5.32 Å². The quantitative estimate of drug-likeness (QED) is 0.435. The molecule has 0 spiro atoms. The number of hydrogen-bond acceptors (Lipinski definition) is 4. The van der Waals surface area contributed by atoms with Gasteiger partial charge in [0.2, 0.25) is 10.0 Å². The van der Waals surface area contributed by atoms with E-state index in [1.165, 1.54) is 11.4 Å². The molecule has 1 fully saturated rings. The second-order valence-electron chi connectivity index (χ2n) is 7.76. The molecule has 1 N–H and O–H groups in total. The molecule has 170 valence electrons. The third-order valence-electron chi connectivity index (χ3n) is 5.43. The molecule has 0 heterocycles. The molecule has 9 heteroatoms. The van der Waals surface area contributed by atoms with E-state index in [-0.39, 0.29) is 10.8 Å². The fourth-order valence-corrected chi connectivity index (χ4v) is 4.86. The first kappa shape index (κ1) is 24.8. The van der Waals surface area contributed by atoms with Crippen LogP contribution in [0.2, 0.25) is 0 Å². The molecule has 0 radical (unpaired) electrons. The minimum Gasteiger partial charge on any atom is -0.377 e. The SMILES string of the molecule is CNCC=CCOCC1CCC(CN(C)S(=O)(=O)c2ccc(C(F)(F)F)cc2)CC1. The summed E-state index contributed by atoms with van der Waals surface area (Å²) >= 11 is 0. The topological polar surface area (TPSA) is 58.6 Å². The molecule has 5 nitrogen and oxygen atoms in total. The van der Waals surface area contributed by atoms with Gasteiger partial charge in [-0.15, -0.1) is 0 Å². The van der Waals surface area contributed by atoms with Gasteiger partial charge in [-0.05, 0) is 68.8 Å². The molecule has 1 aromatic rings. The molecule has 0 bridgehead atoms. The molecule has 1 aliphatic carbocycles. The molecular formula is C21H31F3N2O3S. The first-order valence-corrected chi connectivity index (χ1v) is 11.6. The van der Waals surface area contributed by atoms with E-state index in [4.69, 9.17) is 4.74 Å². The predicted octanol–water partition coefficient (Wildman–Crippen LogP) is 3.92. The maximum atomic E-state index is 12.7. The Kier molecular flexibility index (Phi) is 9.33. The van der Waals surface area contributed by atoms with Gasteiger partial charge in [0.1, 0.15) is 0 Å². The van der Waals surface area contributed by atoms with Crippen LogP contribution in [0.25, 0.3) is 0 Å². The largest absolute Gasteiger partial charge is 0.416 e. The highest BCUT2D eigenvalue weighted by molar-refractivity contribution is 7.89. The van der Waals surface area contributed by atoms with Crippen molar-refractivity contribution in [3.05, 3.63) is 42.0 Å². The van der Waals surface area contributed by atoms with Crippen molar-refractivity contribution in [1.82, 2.24) is 9.62 Å². The zero-order valence-electron chi connectivity index (χ0n) is 17.5. The highest BCUT2D eigenvalue weighted by atomic mass is 32.2. The van der Waals surface area contributed by atoms with E-state index in [0.29, 0.717) is 25.7 Å². The van der Waals surface area contributed by atoms with Crippen molar-refractivity contribution in [2.24, 2.45) is 11.8 Å². The van der Waals surface area contributed by atoms with E-state index in [1.807, 2.05) is 19.2 Å². The first-order valence-electron chi connectivity index (χ1n) is 10.2. The number of rotatable bonds is 10. The molecule has 1 aromatic carbocycles. The number of hydrogen-bond donors (Lipinski definition) is 1. The monoisotopic (exact) mass is 448 g/mol. The van der Waals surface area contributed by atoms with Gasteiger partial charge in [0.05, 0.1) is 17.1 Å². The van der Waals surface area contributed by atoms with Gasteiger partial charge in [-0.3, -0.25) is 0 Å². The van der Waals surface area contributed by atoms with E-state index in [9.17, 15) is 21.6 Å². The Labute approximate surface area is 177 Å². The van der Waals surface area contributed by atoms with E-state index >= 15 is 0 Å². The zero-order valence-corrected chi connectivity index (χ0v) is 18.3. The second-order valence-corrected chi connectivity index (χ2v) is 9.81. The number of halogens is 3. The van der Waals surface area contributed by atoms with Crippen molar-refractivity contribution < 1.29 is 26.3 Å². The highest BCUT2D eigenvalue weighted by Gasteiger charge is 2.32. The number of ether oxygens (including phenoxy) is 1. The third kappa shape index (κ3) is 7.37. The predicted molar refractivity (Wildman–Crippen MR) is 111 cm³/mol. The Hall–Kier alpha value is -1.42. The summed E-state index contributed by atoms with van der Waals surface area (Å²) in [4.78, 5) is -0.119. The average molecular weight is 449 g/mol. The summed E-state index contributed by atoms with van der Waals surface area (Å²) in [6.07, 6.45) is 3.32. The van der Waals surface area contributed by atoms with Crippen LogP contribution in [0, 0.1) is 11.8 Å². The van der Waals surface area contributed by atoms with Gasteiger partial charge in [0, 0.05) is 26.7 Å².